The molecule has 0 aromatic heterocycles. The molecule has 0 aliphatic heterocycles. The molecule has 0 N–H and O–H groups in total. The molecular formula is C17H29NO3. The lowest BCUT2D eigenvalue weighted by Crippen LogP contribution is -2.43. The second kappa shape index (κ2) is 8.85. The van der Waals surface area contributed by atoms with Crippen molar-refractivity contribution in [1.82, 2.24) is 4.90 Å². The van der Waals surface area contributed by atoms with Gasteiger partial charge in [-0.3, -0.25) is 9.59 Å². The molecular weight excluding hydrogens is 266 g/mol. The molecule has 0 aromatic rings. The third-order valence-electron chi connectivity index (χ3n) is 4.03. The van der Waals surface area contributed by atoms with Crippen molar-refractivity contribution in [3.63, 3.8) is 0 Å². The van der Waals surface area contributed by atoms with E-state index in [1.165, 1.54) is 20.0 Å². The smallest absolute Gasteiger partial charge is 0.310 e. The van der Waals surface area contributed by atoms with Crippen molar-refractivity contribution in [3.8, 4) is 0 Å². The van der Waals surface area contributed by atoms with Crippen molar-refractivity contribution in [3.05, 3.63) is 11.6 Å². The molecule has 0 aromatic carbocycles. The Bertz CT molecular complexity index is 377. The summed E-state index contributed by atoms with van der Waals surface area (Å²) in [5.74, 6) is -0.510. The van der Waals surface area contributed by atoms with Gasteiger partial charge in [0.15, 0.2) is 0 Å². The van der Waals surface area contributed by atoms with Crippen LogP contribution in [0.15, 0.2) is 11.6 Å². The predicted molar refractivity (Wildman–Crippen MR) is 83.8 cm³/mol. The van der Waals surface area contributed by atoms with Crippen molar-refractivity contribution < 1.29 is 14.3 Å². The average Bonchev–Trinajstić information content (AvgIpc) is 2.71. The highest BCUT2D eigenvalue weighted by molar-refractivity contribution is 5.88. The van der Waals surface area contributed by atoms with Crippen molar-refractivity contribution in [2.75, 3.05) is 13.7 Å². The maximum Gasteiger partial charge on any atom is 0.310 e. The minimum absolute atomic E-state index is 0.0256. The van der Waals surface area contributed by atoms with Crippen molar-refractivity contribution in [1.29, 1.82) is 0 Å². The fraction of sp³-hybridized carbons (Fsp3) is 0.765. The first-order valence-electron chi connectivity index (χ1n) is 7.99. The lowest BCUT2D eigenvalue weighted by Gasteiger charge is -2.32. The summed E-state index contributed by atoms with van der Waals surface area (Å²) in [6.45, 7) is 6.12. The van der Waals surface area contributed by atoms with Gasteiger partial charge in [0, 0.05) is 18.7 Å². The Morgan fingerprint density at radius 2 is 1.76 bits per heavy atom. The number of carbonyl (C=O) groups is 2. The molecule has 4 heteroatoms. The molecule has 1 amide bonds. The van der Waals surface area contributed by atoms with Gasteiger partial charge in [0.25, 0.3) is 0 Å². The van der Waals surface area contributed by atoms with Gasteiger partial charge in [-0.15, -0.1) is 0 Å². The van der Waals surface area contributed by atoms with Crippen LogP contribution in [-0.2, 0) is 14.3 Å². The number of methoxy groups -OCH3 is 1. The molecule has 1 unspecified atom stereocenters. The van der Waals surface area contributed by atoms with Gasteiger partial charge < -0.3 is 9.64 Å². The van der Waals surface area contributed by atoms with Crippen LogP contribution in [-0.4, -0.2) is 36.5 Å². The van der Waals surface area contributed by atoms with Gasteiger partial charge in [-0.2, -0.15) is 0 Å². The zero-order valence-corrected chi connectivity index (χ0v) is 13.9. The molecule has 1 rings (SSSR count). The van der Waals surface area contributed by atoms with Crippen molar-refractivity contribution in [2.45, 2.75) is 65.3 Å². The monoisotopic (exact) mass is 295 g/mol. The number of nitrogens with zero attached hydrogens (tertiary/aromatic N) is 1. The number of esters is 1. The SMILES string of the molecule is COC(=O)C(C)CN(C(=O)C=C(C)C)C1CCCCCC1. The average molecular weight is 295 g/mol. The number of amides is 1. The van der Waals surface area contributed by atoms with E-state index in [9.17, 15) is 9.59 Å². The number of rotatable bonds is 5. The lowest BCUT2D eigenvalue weighted by atomic mass is 10.0. The fourth-order valence-corrected chi connectivity index (χ4v) is 2.89. The quantitative estimate of drug-likeness (QED) is 0.444. The van der Waals surface area contributed by atoms with Crippen LogP contribution in [0.4, 0.5) is 0 Å². The molecule has 1 atom stereocenters. The summed E-state index contributed by atoms with van der Waals surface area (Å²) in [4.78, 5) is 26.1. The molecule has 0 saturated heterocycles. The van der Waals surface area contributed by atoms with Crippen LogP contribution in [0.2, 0.25) is 0 Å². The van der Waals surface area contributed by atoms with E-state index in [1.54, 1.807) is 6.08 Å². The van der Waals surface area contributed by atoms with Crippen molar-refractivity contribution in [2.24, 2.45) is 5.92 Å². The van der Waals surface area contributed by atoms with Crippen LogP contribution >= 0.6 is 0 Å². The molecule has 1 aliphatic rings. The summed E-state index contributed by atoms with van der Waals surface area (Å²) in [6.07, 6.45) is 8.56. The summed E-state index contributed by atoms with van der Waals surface area (Å²) in [7, 11) is 1.40. The maximum atomic E-state index is 12.5. The third-order valence-corrected chi connectivity index (χ3v) is 4.03. The van der Waals surface area contributed by atoms with E-state index >= 15 is 0 Å². The Labute approximate surface area is 128 Å². The highest BCUT2D eigenvalue weighted by atomic mass is 16.5. The number of hydrogen-bond donors (Lipinski definition) is 0. The van der Waals surface area contributed by atoms with Crippen LogP contribution in [0, 0.1) is 5.92 Å². The summed E-state index contributed by atoms with van der Waals surface area (Å²) < 4.78 is 4.79. The summed E-state index contributed by atoms with van der Waals surface area (Å²) in [6, 6.07) is 0.253. The second-order valence-electron chi connectivity index (χ2n) is 6.28. The van der Waals surface area contributed by atoms with Gasteiger partial charge in [-0.05, 0) is 26.7 Å². The minimum atomic E-state index is -0.284. The van der Waals surface area contributed by atoms with Gasteiger partial charge >= 0.3 is 5.97 Å². The van der Waals surface area contributed by atoms with E-state index in [2.05, 4.69) is 0 Å². The Balaban J connectivity index is 2.84. The molecule has 0 spiro atoms. The van der Waals surface area contributed by atoms with E-state index in [0.29, 0.717) is 6.54 Å². The number of ether oxygens (including phenoxy) is 1. The Morgan fingerprint density at radius 1 is 1.19 bits per heavy atom. The molecule has 0 bridgehead atoms. The highest BCUT2D eigenvalue weighted by Gasteiger charge is 2.27. The van der Waals surface area contributed by atoms with Gasteiger partial charge in [-0.1, -0.05) is 38.2 Å². The van der Waals surface area contributed by atoms with Gasteiger partial charge in [0.05, 0.1) is 13.0 Å². The largest absolute Gasteiger partial charge is 0.469 e. The molecule has 0 heterocycles. The first-order valence-corrected chi connectivity index (χ1v) is 7.99. The third kappa shape index (κ3) is 5.90. The van der Waals surface area contributed by atoms with Gasteiger partial charge in [0.1, 0.15) is 0 Å². The first-order chi connectivity index (χ1) is 9.95. The number of hydrogen-bond acceptors (Lipinski definition) is 3. The zero-order valence-electron chi connectivity index (χ0n) is 13.9. The lowest BCUT2D eigenvalue weighted by molar-refractivity contribution is -0.146. The Morgan fingerprint density at radius 3 is 2.24 bits per heavy atom. The van der Waals surface area contributed by atoms with E-state index in [-0.39, 0.29) is 23.8 Å². The van der Waals surface area contributed by atoms with E-state index in [0.717, 1.165) is 31.3 Å². The topological polar surface area (TPSA) is 46.6 Å². The van der Waals surface area contributed by atoms with Crippen molar-refractivity contribution >= 4 is 11.9 Å². The van der Waals surface area contributed by atoms with Crippen LogP contribution in [0.25, 0.3) is 0 Å². The molecule has 21 heavy (non-hydrogen) atoms. The maximum absolute atomic E-state index is 12.5. The van der Waals surface area contributed by atoms with Crippen LogP contribution in [0.1, 0.15) is 59.3 Å². The summed E-state index contributed by atoms with van der Waals surface area (Å²) in [5, 5.41) is 0. The first kappa shape index (κ1) is 17.7. The molecule has 4 nitrogen and oxygen atoms in total. The fourth-order valence-electron chi connectivity index (χ4n) is 2.89. The van der Waals surface area contributed by atoms with Crippen LogP contribution in [0.3, 0.4) is 0 Å². The zero-order chi connectivity index (χ0) is 15.8. The Kier molecular flexibility index (Phi) is 7.48. The molecule has 0 radical (unpaired) electrons. The molecule has 1 saturated carbocycles. The van der Waals surface area contributed by atoms with Gasteiger partial charge in [0.2, 0.25) is 5.91 Å². The van der Waals surface area contributed by atoms with Crippen LogP contribution in [0.5, 0.6) is 0 Å². The van der Waals surface area contributed by atoms with E-state index in [4.69, 9.17) is 4.74 Å². The molecule has 1 aliphatic carbocycles. The number of allylic oxidation sites excluding steroid dienone is 1. The minimum Gasteiger partial charge on any atom is -0.469 e. The van der Waals surface area contributed by atoms with Gasteiger partial charge in [-0.25, -0.2) is 0 Å². The predicted octanol–water partition coefficient (Wildman–Crippen LogP) is 3.31. The normalized spacial score (nSPS) is 17.5. The summed E-state index contributed by atoms with van der Waals surface area (Å²) >= 11 is 0. The van der Waals surface area contributed by atoms with Crippen LogP contribution < -0.4 is 0 Å². The highest BCUT2D eigenvalue weighted by Crippen LogP contribution is 2.23. The second-order valence-corrected chi connectivity index (χ2v) is 6.28. The standard InChI is InChI=1S/C17H29NO3/c1-13(2)11-16(19)18(12-14(3)17(20)21-4)15-9-7-5-6-8-10-15/h11,14-15H,5-10,12H2,1-4H3. The number of carbonyl (C=O) groups excluding carboxylic acids is 2. The van der Waals surface area contributed by atoms with E-state index in [1.807, 2.05) is 25.7 Å². The summed E-state index contributed by atoms with van der Waals surface area (Å²) in [5.41, 5.74) is 0.990. The van der Waals surface area contributed by atoms with E-state index < -0.39 is 0 Å². The molecule has 1 fully saturated rings. The Hall–Kier alpha value is -1.32. The molecule has 120 valence electrons.